The second kappa shape index (κ2) is 4.80. The molecule has 1 aliphatic heterocycles. The second-order valence-corrected chi connectivity index (χ2v) is 3.46. The van der Waals surface area contributed by atoms with Gasteiger partial charge in [-0.1, -0.05) is 0 Å². The molecular formula is C8H17N5O. The highest BCUT2D eigenvalue weighted by Crippen LogP contribution is 1.96. The molecule has 6 heteroatoms. The minimum atomic E-state index is 0.00274. The highest BCUT2D eigenvalue weighted by atomic mass is 16.2. The first-order valence-corrected chi connectivity index (χ1v) is 4.69. The summed E-state index contributed by atoms with van der Waals surface area (Å²) < 4.78 is 0. The molecule has 1 heterocycles. The first-order valence-electron chi connectivity index (χ1n) is 4.69. The molecule has 6 nitrogen and oxygen atoms in total. The lowest BCUT2D eigenvalue weighted by molar-refractivity contribution is -0.122. The van der Waals surface area contributed by atoms with Crippen molar-refractivity contribution in [1.29, 1.82) is 0 Å². The van der Waals surface area contributed by atoms with Gasteiger partial charge in [0.15, 0.2) is 0 Å². The fraction of sp³-hybridized carbons (Fsp3) is 0.750. The Morgan fingerprint density at radius 3 is 2.93 bits per heavy atom. The number of piperazine rings is 1. The lowest BCUT2D eigenvalue weighted by atomic mass is 10.3. The van der Waals surface area contributed by atoms with Gasteiger partial charge in [0, 0.05) is 19.1 Å². The van der Waals surface area contributed by atoms with Crippen LogP contribution in [0.15, 0.2) is 4.99 Å². The maximum absolute atomic E-state index is 11.1. The van der Waals surface area contributed by atoms with E-state index in [1.54, 1.807) is 0 Å². The Morgan fingerprint density at radius 2 is 2.43 bits per heavy atom. The summed E-state index contributed by atoms with van der Waals surface area (Å²) >= 11 is 0. The number of guanidine groups is 1. The predicted octanol–water partition coefficient (Wildman–Crippen LogP) is -1.35. The van der Waals surface area contributed by atoms with Crippen LogP contribution >= 0.6 is 0 Å². The monoisotopic (exact) mass is 199 g/mol. The summed E-state index contributed by atoms with van der Waals surface area (Å²) in [5, 5.41) is 2.74. The Morgan fingerprint density at radius 1 is 1.71 bits per heavy atom. The first kappa shape index (κ1) is 10.8. The summed E-state index contributed by atoms with van der Waals surface area (Å²) in [6, 6.07) is 0.158. The third kappa shape index (κ3) is 2.88. The molecule has 0 aromatic heterocycles. The number of nitrogens with one attached hydrogen (secondary N) is 2. The molecular weight excluding hydrogens is 182 g/mol. The molecule has 4 N–H and O–H groups in total. The molecule has 1 amide bonds. The number of rotatable bonds is 1. The molecule has 0 atom stereocenters. The maximum Gasteiger partial charge on any atom is 0.239 e. The van der Waals surface area contributed by atoms with Crippen LogP contribution in [0.2, 0.25) is 0 Å². The van der Waals surface area contributed by atoms with E-state index < -0.39 is 0 Å². The zero-order chi connectivity index (χ0) is 10.6. The van der Waals surface area contributed by atoms with Gasteiger partial charge in [0.25, 0.3) is 0 Å². The largest absolute Gasteiger partial charge is 0.353 e. The van der Waals surface area contributed by atoms with Crippen molar-refractivity contribution >= 4 is 11.9 Å². The van der Waals surface area contributed by atoms with E-state index in [9.17, 15) is 4.79 Å². The molecule has 0 unspecified atom stereocenters. The molecule has 1 aliphatic rings. The van der Waals surface area contributed by atoms with E-state index in [2.05, 4.69) is 15.7 Å². The summed E-state index contributed by atoms with van der Waals surface area (Å²) in [5.41, 5.74) is 2.52. The quantitative estimate of drug-likeness (QED) is 0.211. The summed E-state index contributed by atoms with van der Waals surface area (Å²) in [6.45, 7) is 5.61. The Balaban J connectivity index is 2.64. The molecule has 0 spiro atoms. The lowest BCUT2D eigenvalue weighted by Gasteiger charge is -2.29. The number of hydrogen-bond acceptors (Lipinski definition) is 3. The van der Waals surface area contributed by atoms with Crippen molar-refractivity contribution < 1.29 is 4.79 Å². The summed E-state index contributed by atoms with van der Waals surface area (Å²) in [7, 11) is 0. The molecule has 0 bridgehead atoms. The molecule has 1 rings (SSSR count). The van der Waals surface area contributed by atoms with Crippen molar-refractivity contribution in [3.8, 4) is 0 Å². The van der Waals surface area contributed by atoms with Gasteiger partial charge in [0.05, 0.1) is 6.54 Å². The number of carbonyl (C=O) groups is 1. The summed E-state index contributed by atoms with van der Waals surface area (Å²) in [4.78, 5) is 17.2. The molecule has 1 fully saturated rings. The Bertz CT molecular complexity index is 238. The summed E-state index contributed by atoms with van der Waals surface area (Å²) in [6.07, 6.45) is 0. The van der Waals surface area contributed by atoms with E-state index in [4.69, 9.17) is 5.84 Å². The van der Waals surface area contributed by atoms with E-state index in [-0.39, 0.29) is 11.9 Å². The fourth-order valence-corrected chi connectivity index (χ4v) is 1.27. The maximum atomic E-state index is 11.1. The van der Waals surface area contributed by atoms with Gasteiger partial charge < -0.3 is 10.2 Å². The minimum absolute atomic E-state index is 0.00274. The van der Waals surface area contributed by atoms with Crippen molar-refractivity contribution in [3.63, 3.8) is 0 Å². The highest BCUT2D eigenvalue weighted by Gasteiger charge is 2.18. The third-order valence-electron chi connectivity index (χ3n) is 1.85. The zero-order valence-corrected chi connectivity index (χ0v) is 8.58. The fourth-order valence-electron chi connectivity index (χ4n) is 1.27. The van der Waals surface area contributed by atoms with Crippen molar-refractivity contribution in [3.05, 3.63) is 0 Å². The Labute approximate surface area is 83.5 Å². The zero-order valence-electron chi connectivity index (χ0n) is 8.58. The van der Waals surface area contributed by atoms with Crippen LogP contribution in [0.4, 0.5) is 0 Å². The molecule has 0 saturated carbocycles. The number of aliphatic imine (C=N–C) groups is 1. The van der Waals surface area contributed by atoms with Crippen LogP contribution in [0.3, 0.4) is 0 Å². The van der Waals surface area contributed by atoms with Crippen LogP contribution in [0.5, 0.6) is 0 Å². The van der Waals surface area contributed by atoms with Crippen LogP contribution in [0, 0.1) is 0 Å². The topological polar surface area (TPSA) is 82.8 Å². The van der Waals surface area contributed by atoms with Crippen LogP contribution in [-0.4, -0.2) is 42.4 Å². The van der Waals surface area contributed by atoms with Gasteiger partial charge in [-0.15, -0.1) is 0 Å². The van der Waals surface area contributed by atoms with Gasteiger partial charge in [-0.2, -0.15) is 0 Å². The normalized spacial score (nSPS) is 18.4. The number of hydrogen-bond donors (Lipinski definition) is 3. The van der Waals surface area contributed by atoms with Crippen molar-refractivity contribution in [1.82, 2.24) is 15.6 Å². The van der Waals surface area contributed by atoms with Crippen LogP contribution < -0.4 is 16.6 Å². The average Bonchev–Trinajstić information content (AvgIpc) is 2.14. The van der Waals surface area contributed by atoms with E-state index in [1.165, 1.54) is 0 Å². The minimum Gasteiger partial charge on any atom is -0.353 e. The number of nitrogens with zero attached hydrogens (tertiary/aromatic N) is 2. The second-order valence-electron chi connectivity index (χ2n) is 3.46. The number of hydrazine groups is 1. The standard InChI is InChI=1S/C8H17N5O/c1-6(2)11-8(12-9)13-4-3-10-7(14)5-13/h6H,3-5,9H2,1-2H3,(H,10,14)(H,11,12). The van der Waals surface area contributed by atoms with Crippen LogP contribution in [0.25, 0.3) is 0 Å². The summed E-state index contributed by atoms with van der Waals surface area (Å²) in [5.74, 6) is 5.92. The van der Waals surface area contributed by atoms with E-state index in [0.29, 0.717) is 19.0 Å². The number of amides is 1. The van der Waals surface area contributed by atoms with Gasteiger partial charge in [0.2, 0.25) is 11.9 Å². The molecule has 1 saturated heterocycles. The smallest absolute Gasteiger partial charge is 0.239 e. The molecule has 0 aromatic carbocycles. The highest BCUT2D eigenvalue weighted by molar-refractivity contribution is 5.87. The van der Waals surface area contributed by atoms with Crippen molar-refractivity contribution in [2.75, 3.05) is 19.6 Å². The molecule has 0 aromatic rings. The van der Waals surface area contributed by atoms with E-state index >= 15 is 0 Å². The SMILES string of the molecule is CC(C)N=C(NN)N1CCNC(=O)C1. The van der Waals surface area contributed by atoms with Gasteiger partial charge >= 0.3 is 0 Å². The Hall–Kier alpha value is -1.30. The predicted molar refractivity (Wildman–Crippen MR) is 54.5 cm³/mol. The van der Waals surface area contributed by atoms with Crippen LogP contribution in [-0.2, 0) is 4.79 Å². The molecule has 80 valence electrons. The van der Waals surface area contributed by atoms with Crippen molar-refractivity contribution in [2.24, 2.45) is 10.8 Å². The number of nitrogens with two attached hydrogens (primary N) is 1. The molecule has 0 radical (unpaired) electrons. The average molecular weight is 199 g/mol. The Kier molecular flexibility index (Phi) is 3.70. The molecule has 0 aliphatic carbocycles. The first-order chi connectivity index (χ1) is 6.63. The lowest BCUT2D eigenvalue weighted by Crippen LogP contribution is -2.55. The third-order valence-corrected chi connectivity index (χ3v) is 1.85. The van der Waals surface area contributed by atoms with E-state index in [1.807, 2.05) is 18.7 Å². The van der Waals surface area contributed by atoms with Crippen molar-refractivity contribution in [2.45, 2.75) is 19.9 Å². The number of carbonyl (C=O) groups excluding carboxylic acids is 1. The van der Waals surface area contributed by atoms with E-state index in [0.717, 1.165) is 6.54 Å². The molecule has 14 heavy (non-hydrogen) atoms. The van der Waals surface area contributed by atoms with Gasteiger partial charge in [-0.3, -0.25) is 10.2 Å². The van der Waals surface area contributed by atoms with Crippen LogP contribution in [0.1, 0.15) is 13.8 Å². The van der Waals surface area contributed by atoms with Gasteiger partial charge in [0.1, 0.15) is 0 Å². The van der Waals surface area contributed by atoms with Gasteiger partial charge in [-0.05, 0) is 13.8 Å². The van der Waals surface area contributed by atoms with Gasteiger partial charge in [-0.25, -0.2) is 10.8 Å².